The van der Waals surface area contributed by atoms with Crippen LogP contribution in [0.1, 0.15) is 5.56 Å². The summed E-state index contributed by atoms with van der Waals surface area (Å²) in [4.78, 5) is 4.46. The number of hydrogen-bond donors (Lipinski definition) is 0. The van der Waals surface area contributed by atoms with Gasteiger partial charge >= 0.3 is 0 Å². The molecule has 76 valence electrons. The van der Waals surface area contributed by atoms with Crippen molar-refractivity contribution >= 4 is 24.0 Å². The highest BCUT2D eigenvalue weighted by Crippen LogP contribution is 2.09. The summed E-state index contributed by atoms with van der Waals surface area (Å²) in [5, 5.41) is 0. The second-order valence-electron chi connectivity index (χ2n) is 3.43. The smallest absolute Gasteiger partial charge is 0.0894 e. The summed E-state index contributed by atoms with van der Waals surface area (Å²) in [6.07, 6.45) is 4.23. The van der Waals surface area contributed by atoms with Gasteiger partial charge in [-0.15, -0.1) is 24.0 Å². The van der Waals surface area contributed by atoms with Crippen molar-refractivity contribution in [3.05, 3.63) is 48.3 Å². The third kappa shape index (κ3) is 2.90. The molecule has 2 rings (SSSR count). The highest BCUT2D eigenvalue weighted by Gasteiger charge is 2.07. The zero-order chi connectivity index (χ0) is 9.10. The van der Waals surface area contributed by atoms with E-state index >= 15 is 0 Å². The number of halogens is 1. The Balaban J connectivity index is 0.000000980. The summed E-state index contributed by atoms with van der Waals surface area (Å²) in [7, 11) is 2.08. The highest BCUT2D eigenvalue weighted by atomic mass is 127. The maximum absolute atomic E-state index is 2.29. The van der Waals surface area contributed by atoms with E-state index in [1.807, 2.05) is 0 Å². The molecule has 1 aliphatic heterocycles. The molecule has 1 aliphatic rings. The Labute approximate surface area is 102 Å². The summed E-state index contributed by atoms with van der Waals surface area (Å²) in [6.45, 7) is 2.00. The van der Waals surface area contributed by atoms with Crippen molar-refractivity contribution in [3.8, 4) is 0 Å². The summed E-state index contributed by atoms with van der Waals surface area (Å²) < 4.78 is 0. The third-order valence-electron chi connectivity index (χ3n) is 2.17. The first kappa shape index (κ1) is 11.4. The van der Waals surface area contributed by atoms with Crippen LogP contribution in [0, 0.1) is 0 Å². The molecule has 0 radical (unpaired) electrons. The normalized spacial score (nSPS) is 14.4. The Morgan fingerprint density at radius 1 is 1.14 bits per heavy atom. The number of rotatable bonds is 2. The molecule has 0 fully saturated rings. The van der Waals surface area contributed by atoms with Crippen molar-refractivity contribution in [1.82, 2.24) is 9.80 Å². The summed E-state index contributed by atoms with van der Waals surface area (Å²) in [6, 6.07) is 10.5. The maximum atomic E-state index is 2.29. The topological polar surface area (TPSA) is 6.48 Å². The Bertz CT molecular complexity index is 297. The van der Waals surface area contributed by atoms with Crippen LogP contribution in [0.5, 0.6) is 0 Å². The van der Waals surface area contributed by atoms with Gasteiger partial charge < -0.3 is 9.80 Å². The fourth-order valence-electron chi connectivity index (χ4n) is 1.51. The zero-order valence-corrected chi connectivity index (χ0v) is 10.6. The maximum Gasteiger partial charge on any atom is 0.0894 e. The van der Waals surface area contributed by atoms with Crippen molar-refractivity contribution in [2.45, 2.75) is 6.54 Å². The molecular formula is C11H15IN2. The van der Waals surface area contributed by atoms with Crippen LogP contribution in [0.15, 0.2) is 42.7 Å². The van der Waals surface area contributed by atoms with Crippen molar-refractivity contribution in [3.63, 3.8) is 0 Å². The predicted octanol–water partition coefficient (Wildman–Crippen LogP) is 2.48. The van der Waals surface area contributed by atoms with Crippen LogP contribution in [0.2, 0.25) is 0 Å². The van der Waals surface area contributed by atoms with E-state index in [1.54, 1.807) is 0 Å². The highest BCUT2D eigenvalue weighted by molar-refractivity contribution is 14.0. The van der Waals surface area contributed by atoms with Crippen LogP contribution >= 0.6 is 24.0 Å². The molecule has 0 atom stereocenters. The molecule has 1 heterocycles. The van der Waals surface area contributed by atoms with E-state index in [0.717, 1.165) is 13.2 Å². The van der Waals surface area contributed by atoms with Crippen molar-refractivity contribution in [2.75, 3.05) is 13.7 Å². The van der Waals surface area contributed by atoms with Gasteiger partial charge in [-0.25, -0.2) is 0 Å². The third-order valence-corrected chi connectivity index (χ3v) is 2.17. The van der Waals surface area contributed by atoms with Gasteiger partial charge in [0.05, 0.1) is 6.67 Å². The molecule has 3 heteroatoms. The first-order chi connectivity index (χ1) is 6.34. The minimum Gasteiger partial charge on any atom is -0.362 e. The van der Waals surface area contributed by atoms with Crippen LogP contribution in [0.3, 0.4) is 0 Å². The number of benzene rings is 1. The number of hydrogen-bond acceptors (Lipinski definition) is 2. The quantitative estimate of drug-likeness (QED) is 0.775. The van der Waals surface area contributed by atoms with Crippen molar-refractivity contribution < 1.29 is 0 Å². The van der Waals surface area contributed by atoms with Crippen LogP contribution in [-0.2, 0) is 6.54 Å². The van der Waals surface area contributed by atoms with Gasteiger partial charge in [-0.1, -0.05) is 30.3 Å². The first-order valence-corrected chi connectivity index (χ1v) is 4.51. The molecule has 0 unspecified atom stereocenters. The second kappa shape index (κ2) is 5.24. The van der Waals surface area contributed by atoms with Crippen LogP contribution in [0.4, 0.5) is 0 Å². The van der Waals surface area contributed by atoms with E-state index in [9.17, 15) is 0 Å². The average Bonchev–Trinajstić information content (AvgIpc) is 2.53. The van der Waals surface area contributed by atoms with E-state index < -0.39 is 0 Å². The minimum absolute atomic E-state index is 0. The molecule has 2 nitrogen and oxygen atoms in total. The Morgan fingerprint density at radius 2 is 1.86 bits per heavy atom. The molecule has 1 aromatic carbocycles. The van der Waals surface area contributed by atoms with E-state index in [0.29, 0.717) is 0 Å². The lowest BCUT2D eigenvalue weighted by molar-refractivity contribution is 0.291. The molecule has 0 amide bonds. The summed E-state index contributed by atoms with van der Waals surface area (Å²) in [5.74, 6) is 0. The van der Waals surface area contributed by atoms with Gasteiger partial charge in [0.25, 0.3) is 0 Å². The van der Waals surface area contributed by atoms with Gasteiger partial charge in [-0.2, -0.15) is 0 Å². The largest absolute Gasteiger partial charge is 0.362 e. The van der Waals surface area contributed by atoms with E-state index in [-0.39, 0.29) is 24.0 Å². The Hall–Kier alpha value is -0.710. The SMILES string of the molecule is CN1C=CN(Cc2ccccc2)C1.I. The van der Waals surface area contributed by atoms with Crippen LogP contribution in [-0.4, -0.2) is 23.5 Å². The molecular weight excluding hydrogens is 287 g/mol. The number of nitrogens with zero attached hydrogens (tertiary/aromatic N) is 2. The van der Waals surface area contributed by atoms with Gasteiger partial charge in [0, 0.05) is 26.0 Å². The standard InChI is InChI=1S/C11H14N2.HI/c1-12-7-8-13(10-12)9-11-5-3-2-4-6-11;/h2-8H,9-10H2,1H3;1H. The van der Waals surface area contributed by atoms with E-state index in [2.05, 4.69) is 59.6 Å². The van der Waals surface area contributed by atoms with Gasteiger partial charge in [0.1, 0.15) is 0 Å². The summed E-state index contributed by atoms with van der Waals surface area (Å²) in [5.41, 5.74) is 1.36. The lowest BCUT2D eigenvalue weighted by Gasteiger charge is -2.17. The lowest BCUT2D eigenvalue weighted by Crippen LogP contribution is -2.21. The fraction of sp³-hybridized carbons (Fsp3) is 0.273. The van der Waals surface area contributed by atoms with Gasteiger partial charge in [-0.3, -0.25) is 0 Å². The monoisotopic (exact) mass is 302 g/mol. The Kier molecular flexibility index (Phi) is 4.25. The Morgan fingerprint density at radius 3 is 2.43 bits per heavy atom. The molecule has 0 aromatic heterocycles. The second-order valence-corrected chi connectivity index (χ2v) is 3.43. The van der Waals surface area contributed by atoms with E-state index in [4.69, 9.17) is 0 Å². The molecule has 0 bridgehead atoms. The van der Waals surface area contributed by atoms with Gasteiger partial charge in [0.15, 0.2) is 0 Å². The summed E-state index contributed by atoms with van der Waals surface area (Å²) >= 11 is 0. The first-order valence-electron chi connectivity index (χ1n) is 4.51. The van der Waals surface area contributed by atoms with Gasteiger partial charge in [-0.05, 0) is 5.56 Å². The molecule has 0 saturated heterocycles. The molecule has 0 spiro atoms. The molecule has 14 heavy (non-hydrogen) atoms. The molecule has 1 aromatic rings. The molecule has 0 N–H and O–H groups in total. The van der Waals surface area contributed by atoms with Crippen LogP contribution < -0.4 is 0 Å². The van der Waals surface area contributed by atoms with Gasteiger partial charge in [0.2, 0.25) is 0 Å². The zero-order valence-electron chi connectivity index (χ0n) is 8.26. The van der Waals surface area contributed by atoms with Crippen LogP contribution in [0.25, 0.3) is 0 Å². The molecule has 0 aliphatic carbocycles. The molecule has 0 saturated carbocycles. The average molecular weight is 302 g/mol. The fourth-order valence-corrected chi connectivity index (χ4v) is 1.51. The van der Waals surface area contributed by atoms with Crippen molar-refractivity contribution in [2.24, 2.45) is 0 Å². The lowest BCUT2D eigenvalue weighted by atomic mass is 10.2. The van der Waals surface area contributed by atoms with E-state index in [1.165, 1.54) is 5.56 Å². The minimum atomic E-state index is 0. The van der Waals surface area contributed by atoms with Crippen molar-refractivity contribution in [1.29, 1.82) is 0 Å². The predicted molar refractivity (Wildman–Crippen MR) is 69.2 cm³/mol.